The van der Waals surface area contributed by atoms with Gasteiger partial charge >= 0.3 is 0 Å². The van der Waals surface area contributed by atoms with Crippen LogP contribution in [0.25, 0.3) is 0 Å². The second-order valence-corrected chi connectivity index (χ2v) is 6.88. The van der Waals surface area contributed by atoms with Crippen LogP contribution in [-0.2, 0) is 21.2 Å². The molecule has 0 aliphatic carbocycles. The second-order valence-electron chi connectivity index (χ2n) is 5.20. The summed E-state index contributed by atoms with van der Waals surface area (Å²) < 4.78 is 32.6. The van der Waals surface area contributed by atoms with Crippen molar-refractivity contribution in [3.63, 3.8) is 0 Å². The van der Waals surface area contributed by atoms with E-state index < -0.39 is 10.0 Å². The fourth-order valence-electron chi connectivity index (χ4n) is 2.18. The number of aryl methyl sites for hydroxylation is 1. The van der Waals surface area contributed by atoms with Crippen molar-refractivity contribution >= 4 is 27.3 Å². The highest BCUT2D eigenvalue weighted by Crippen LogP contribution is 2.29. The lowest BCUT2D eigenvalue weighted by Gasteiger charge is -2.13. The smallest absolute Gasteiger partial charge is 0.261 e. The summed E-state index contributed by atoms with van der Waals surface area (Å²) in [5, 5.41) is 2.61. The highest BCUT2D eigenvalue weighted by Gasteiger charge is 2.15. The largest absolute Gasteiger partial charge is 0.495 e. The van der Waals surface area contributed by atoms with Crippen LogP contribution < -0.4 is 14.8 Å². The van der Waals surface area contributed by atoms with Gasteiger partial charge in [0.25, 0.3) is 10.0 Å². The van der Waals surface area contributed by atoms with Gasteiger partial charge in [-0.2, -0.15) is 0 Å². The van der Waals surface area contributed by atoms with Crippen molar-refractivity contribution in [2.75, 3.05) is 17.1 Å². The lowest BCUT2D eigenvalue weighted by atomic mass is 10.2. The van der Waals surface area contributed by atoms with Crippen LogP contribution >= 0.6 is 0 Å². The van der Waals surface area contributed by atoms with E-state index in [1.165, 1.54) is 20.1 Å². The molecule has 0 radical (unpaired) electrons. The van der Waals surface area contributed by atoms with E-state index in [0.717, 1.165) is 12.0 Å². The van der Waals surface area contributed by atoms with E-state index in [1.807, 2.05) is 6.92 Å². The summed E-state index contributed by atoms with van der Waals surface area (Å²) in [6.45, 7) is 3.37. The Morgan fingerprint density at radius 3 is 2.33 bits per heavy atom. The lowest BCUT2D eigenvalue weighted by Crippen LogP contribution is -2.14. The van der Waals surface area contributed by atoms with Gasteiger partial charge in [-0.25, -0.2) is 8.42 Å². The van der Waals surface area contributed by atoms with Gasteiger partial charge in [0.2, 0.25) is 5.91 Å². The third kappa shape index (κ3) is 4.26. The third-order valence-electron chi connectivity index (χ3n) is 3.40. The number of amides is 1. The van der Waals surface area contributed by atoms with E-state index in [9.17, 15) is 13.2 Å². The summed E-state index contributed by atoms with van der Waals surface area (Å²) in [5.74, 6) is 0.170. The number of carbonyl (C=O) groups is 1. The summed E-state index contributed by atoms with van der Waals surface area (Å²) in [7, 11) is -2.23. The fourth-order valence-corrected chi connectivity index (χ4v) is 3.23. The fraction of sp³-hybridized carbons (Fsp3) is 0.235. The van der Waals surface area contributed by atoms with Crippen LogP contribution in [0, 0.1) is 0 Å². The Morgan fingerprint density at radius 1 is 1.12 bits per heavy atom. The topological polar surface area (TPSA) is 84.5 Å². The molecule has 1 amide bonds. The van der Waals surface area contributed by atoms with Gasteiger partial charge in [-0.1, -0.05) is 19.1 Å². The van der Waals surface area contributed by atoms with Gasteiger partial charge in [0, 0.05) is 6.92 Å². The minimum absolute atomic E-state index is 0.177. The summed E-state index contributed by atoms with van der Waals surface area (Å²) in [6.07, 6.45) is 0.840. The van der Waals surface area contributed by atoms with Gasteiger partial charge in [-0.3, -0.25) is 9.52 Å². The monoisotopic (exact) mass is 348 g/mol. The molecule has 0 aliphatic rings. The maximum atomic E-state index is 12.5. The first-order valence-electron chi connectivity index (χ1n) is 7.43. The molecular formula is C17H20N2O4S. The van der Waals surface area contributed by atoms with Crippen LogP contribution in [0.3, 0.4) is 0 Å². The van der Waals surface area contributed by atoms with Crippen LogP contribution in [0.2, 0.25) is 0 Å². The van der Waals surface area contributed by atoms with Gasteiger partial charge in [0.15, 0.2) is 0 Å². The Morgan fingerprint density at radius 2 is 1.79 bits per heavy atom. The Kier molecular flexibility index (Phi) is 5.46. The van der Waals surface area contributed by atoms with Crippen molar-refractivity contribution in [3.05, 3.63) is 48.0 Å². The zero-order valence-corrected chi connectivity index (χ0v) is 14.6. The Labute approximate surface area is 141 Å². The number of anilines is 2. The number of hydrogen-bond donors (Lipinski definition) is 2. The number of nitrogens with one attached hydrogen (secondary N) is 2. The molecule has 0 unspecified atom stereocenters. The number of carbonyl (C=O) groups excluding carboxylic acids is 1. The predicted octanol–water partition coefficient (Wildman–Crippen LogP) is 3.02. The first-order valence-corrected chi connectivity index (χ1v) is 8.91. The maximum Gasteiger partial charge on any atom is 0.261 e. The Bertz CT molecular complexity index is 830. The van der Waals surface area contributed by atoms with Crippen LogP contribution in [0.1, 0.15) is 19.4 Å². The average molecular weight is 348 g/mol. The minimum atomic E-state index is -3.71. The molecule has 0 heterocycles. The predicted molar refractivity (Wildman–Crippen MR) is 93.9 cm³/mol. The molecule has 0 atom stereocenters. The maximum absolute atomic E-state index is 12.5. The highest BCUT2D eigenvalue weighted by molar-refractivity contribution is 7.92. The van der Waals surface area contributed by atoms with E-state index in [4.69, 9.17) is 4.74 Å². The van der Waals surface area contributed by atoms with Crippen molar-refractivity contribution in [1.29, 1.82) is 0 Å². The molecule has 2 aromatic carbocycles. The molecule has 0 bridgehead atoms. The van der Waals surface area contributed by atoms with Crippen molar-refractivity contribution in [2.45, 2.75) is 25.2 Å². The van der Waals surface area contributed by atoms with Crippen LogP contribution in [0.15, 0.2) is 47.4 Å². The highest BCUT2D eigenvalue weighted by atomic mass is 32.2. The Balaban J connectivity index is 2.29. The molecule has 7 heteroatoms. The van der Waals surface area contributed by atoms with Crippen molar-refractivity contribution in [2.24, 2.45) is 0 Å². The van der Waals surface area contributed by atoms with Gasteiger partial charge < -0.3 is 10.1 Å². The molecule has 24 heavy (non-hydrogen) atoms. The van der Waals surface area contributed by atoms with Gasteiger partial charge in [-0.05, 0) is 42.3 Å². The minimum Gasteiger partial charge on any atom is -0.495 e. The van der Waals surface area contributed by atoms with Crippen LogP contribution in [0.5, 0.6) is 5.75 Å². The third-order valence-corrected chi connectivity index (χ3v) is 4.80. The quantitative estimate of drug-likeness (QED) is 0.840. The molecule has 128 valence electrons. The lowest BCUT2D eigenvalue weighted by molar-refractivity contribution is -0.114. The summed E-state index contributed by atoms with van der Waals surface area (Å²) in [4.78, 5) is 11.4. The molecule has 0 spiro atoms. The number of methoxy groups -OCH3 is 1. The second kappa shape index (κ2) is 7.35. The van der Waals surface area contributed by atoms with Crippen LogP contribution in [-0.4, -0.2) is 21.4 Å². The molecule has 0 aromatic heterocycles. The normalized spacial score (nSPS) is 11.0. The molecule has 0 fully saturated rings. The molecular weight excluding hydrogens is 328 g/mol. The van der Waals surface area contributed by atoms with Crippen LogP contribution in [0.4, 0.5) is 11.4 Å². The molecule has 2 rings (SSSR count). The molecule has 2 aromatic rings. The standard InChI is InChI=1S/C17H20N2O4S/c1-4-13-5-8-15(9-6-13)24(21,22)19-14-7-10-17(23-3)16(11-14)18-12(2)20/h5-11,19H,4H2,1-3H3,(H,18,20). The number of benzene rings is 2. The number of ether oxygens (including phenoxy) is 1. The molecule has 2 N–H and O–H groups in total. The van der Waals surface area contributed by atoms with E-state index in [-0.39, 0.29) is 10.8 Å². The van der Waals surface area contributed by atoms with Gasteiger partial charge in [-0.15, -0.1) is 0 Å². The van der Waals surface area contributed by atoms with E-state index in [0.29, 0.717) is 17.1 Å². The summed E-state index contributed by atoms with van der Waals surface area (Å²) in [6, 6.07) is 11.4. The SMILES string of the molecule is CCc1ccc(S(=O)(=O)Nc2ccc(OC)c(NC(C)=O)c2)cc1. The molecule has 6 nitrogen and oxygen atoms in total. The Hall–Kier alpha value is -2.54. The first kappa shape index (κ1) is 17.8. The van der Waals surface area contributed by atoms with Crippen molar-refractivity contribution < 1.29 is 17.9 Å². The molecule has 0 saturated heterocycles. The number of sulfonamides is 1. The first-order chi connectivity index (χ1) is 11.4. The van der Waals surface area contributed by atoms with E-state index in [1.54, 1.807) is 36.4 Å². The molecule has 0 saturated carbocycles. The number of rotatable bonds is 6. The zero-order chi connectivity index (χ0) is 17.7. The van der Waals surface area contributed by atoms with Crippen molar-refractivity contribution in [1.82, 2.24) is 0 Å². The summed E-state index contributed by atoms with van der Waals surface area (Å²) in [5.41, 5.74) is 1.79. The van der Waals surface area contributed by atoms with Gasteiger partial charge in [0.1, 0.15) is 5.75 Å². The number of hydrogen-bond acceptors (Lipinski definition) is 4. The van der Waals surface area contributed by atoms with Gasteiger partial charge in [0.05, 0.1) is 23.4 Å². The molecule has 0 aliphatic heterocycles. The average Bonchev–Trinajstić information content (AvgIpc) is 2.54. The van der Waals surface area contributed by atoms with E-state index >= 15 is 0 Å². The summed E-state index contributed by atoms with van der Waals surface area (Å²) >= 11 is 0. The zero-order valence-electron chi connectivity index (χ0n) is 13.8. The van der Waals surface area contributed by atoms with E-state index in [2.05, 4.69) is 10.0 Å². The van der Waals surface area contributed by atoms with Crippen molar-refractivity contribution in [3.8, 4) is 5.75 Å².